The van der Waals surface area contributed by atoms with Gasteiger partial charge in [0.25, 0.3) is 10.0 Å². The number of nitrogens with one attached hydrogen (secondary N) is 2. The first kappa shape index (κ1) is 19.9. The Morgan fingerprint density at radius 3 is 2.15 bits per heavy atom. The lowest BCUT2D eigenvalue weighted by Crippen LogP contribution is -2.17. The van der Waals surface area contributed by atoms with E-state index in [0.29, 0.717) is 24.3 Å². The van der Waals surface area contributed by atoms with Crippen molar-refractivity contribution in [3.8, 4) is 0 Å². The van der Waals surface area contributed by atoms with E-state index < -0.39 is 10.0 Å². The van der Waals surface area contributed by atoms with Crippen molar-refractivity contribution in [1.82, 2.24) is 0 Å². The lowest BCUT2D eigenvalue weighted by Gasteiger charge is -2.13. The Morgan fingerprint density at radius 1 is 0.846 bits per heavy atom. The molecule has 7 heteroatoms. The molecule has 4 N–H and O–H groups in total. The minimum absolute atomic E-state index is 0.135. The first-order valence-electron chi connectivity index (χ1n) is 8.70. The quantitative estimate of drug-likeness (QED) is 0.554. The molecule has 1 amide bonds. The molecule has 0 aliphatic carbocycles. The first-order valence-corrected chi connectivity index (χ1v) is 10.2. The summed E-state index contributed by atoms with van der Waals surface area (Å²) < 4.78 is 27.5. The van der Waals surface area contributed by atoms with E-state index in [1.165, 1.54) is 12.1 Å². The van der Waals surface area contributed by atoms with Gasteiger partial charge in [0.15, 0.2) is 0 Å². The SMILES string of the molecule is NCCCCCCC(=O)Nc1ccccc1NS(=O)(=O)c1ccccc1. The van der Waals surface area contributed by atoms with Crippen molar-refractivity contribution >= 4 is 27.3 Å². The van der Waals surface area contributed by atoms with Gasteiger partial charge >= 0.3 is 0 Å². The van der Waals surface area contributed by atoms with Gasteiger partial charge in [-0.1, -0.05) is 43.2 Å². The van der Waals surface area contributed by atoms with Crippen LogP contribution in [0.15, 0.2) is 59.5 Å². The van der Waals surface area contributed by atoms with Crippen molar-refractivity contribution < 1.29 is 13.2 Å². The van der Waals surface area contributed by atoms with Crippen molar-refractivity contribution in [2.45, 2.75) is 37.0 Å². The molecule has 0 aliphatic rings. The lowest BCUT2D eigenvalue weighted by atomic mass is 10.1. The third kappa shape index (κ3) is 6.16. The Morgan fingerprint density at radius 2 is 1.46 bits per heavy atom. The zero-order chi connectivity index (χ0) is 18.8. The Kier molecular flexibility index (Phi) is 7.62. The fourth-order valence-electron chi connectivity index (χ4n) is 2.48. The van der Waals surface area contributed by atoms with Gasteiger partial charge in [-0.25, -0.2) is 8.42 Å². The van der Waals surface area contributed by atoms with Crippen LogP contribution in [0, 0.1) is 0 Å². The molecule has 0 fully saturated rings. The summed E-state index contributed by atoms with van der Waals surface area (Å²) in [4.78, 5) is 12.3. The molecule has 140 valence electrons. The highest BCUT2D eigenvalue weighted by Crippen LogP contribution is 2.24. The highest BCUT2D eigenvalue weighted by molar-refractivity contribution is 7.92. The molecular formula is C19H25N3O3S. The minimum Gasteiger partial charge on any atom is -0.330 e. The molecule has 2 aromatic carbocycles. The van der Waals surface area contributed by atoms with Crippen LogP contribution < -0.4 is 15.8 Å². The molecule has 0 saturated heterocycles. The molecule has 0 radical (unpaired) electrons. The number of rotatable bonds is 10. The van der Waals surface area contributed by atoms with Gasteiger partial charge in [-0.15, -0.1) is 0 Å². The third-order valence-electron chi connectivity index (χ3n) is 3.86. The molecule has 2 rings (SSSR count). The Bertz CT molecular complexity index is 808. The van der Waals surface area contributed by atoms with Gasteiger partial charge in [-0.05, 0) is 43.7 Å². The summed E-state index contributed by atoms with van der Waals surface area (Å²) in [6.45, 7) is 0.668. The van der Waals surface area contributed by atoms with Crippen LogP contribution in [0.4, 0.5) is 11.4 Å². The van der Waals surface area contributed by atoms with E-state index in [2.05, 4.69) is 10.0 Å². The van der Waals surface area contributed by atoms with E-state index in [1.54, 1.807) is 42.5 Å². The summed E-state index contributed by atoms with van der Waals surface area (Å²) in [6.07, 6.45) is 4.10. The predicted molar refractivity (Wildman–Crippen MR) is 104 cm³/mol. The maximum Gasteiger partial charge on any atom is 0.261 e. The van der Waals surface area contributed by atoms with Crippen LogP contribution in [-0.2, 0) is 14.8 Å². The molecule has 0 atom stereocenters. The number of sulfonamides is 1. The molecule has 0 unspecified atom stereocenters. The zero-order valence-electron chi connectivity index (χ0n) is 14.6. The van der Waals surface area contributed by atoms with Crippen LogP contribution in [0.3, 0.4) is 0 Å². The Labute approximate surface area is 154 Å². The van der Waals surface area contributed by atoms with Gasteiger partial charge in [0, 0.05) is 6.42 Å². The highest BCUT2D eigenvalue weighted by atomic mass is 32.2. The number of nitrogens with two attached hydrogens (primary N) is 1. The van der Waals surface area contributed by atoms with Gasteiger partial charge in [-0.2, -0.15) is 0 Å². The molecule has 0 bridgehead atoms. The molecule has 6 nitrogen and oxygen atoms in total. The van der Waals surface area contributed by atoms with Gasteiger partial charge < -0.3 is 11.1 Å². The summed E-state index contributed by atoms with van der Waals surface area (Å²) in [5.41, 5.74) is 6.23. The summed E-state index contributed by atoms with van der Waals surface area (Å²) in [6, 6.07) is 14.9. The number of hydrogen-bond donors (Lipinski definition) is 3. The molecule has 0 spiro atoms. The van der Waals surface area contributed by atoms with Crippen LogP contribution in [0.25, 0.3) is 0 Å². The average Bonchev–Trinajstić information content (AvgIpc) is 2.64. The molecule has 2 aromatic rings. The fraction of sp³-hybridized carbons (Fsp3) is 0.316. The smallest absolute Gasteiger partial charge is 0.261 e. The van der Waals surface area contributed by atoms with E-state index in [9.17, 15) is 13.2 Å². The molecule has 0 saturated carbocycles. The number of amides is 1. The maximum atomic E-state index is 12.5. The standard InChI is InChI=1S/C19H25N3O3S/c20-15-9-2-1-6-14-19(23)21-17-12-7-8-13-18(17)22-26(24,25)16-10-4-3-5-11-16/h3-5,7-8,10-13,22H,1-2,6,9,14-15,20H2,(H,21,23). The summed E-state index contributed by atoms with van der Waals surface area (Å²) in [7, 11) is -3.71. The van der Waals surface area contributed by atoms with Gasteiger partial charge in [0.1, 0.15) is 0 Å². The maximum absolute atomic E-state index is 12.5. The summed E-state index contributed by atoms with van der Waals surface area (Å²) in [5, 5.41) is 2.78. The number of carbonyl (C=O) groups excluding carboxylic acids is 1. The Hall–Kier alpha value is -2.38. The monoisotopic (exact) mass is 375 g/mol. The Balaban J connectivity index is 2.00. The second kappa shape index (κ2) is 9.94. The van der Waals surface area contributed by atoms with E-state index in [4.69, 9.17) is 5.73 Å². The third-order valence-corrected chi connectivity index (χ3v) is 5.24. The van der Waals surface area contributed by atoms with Crippen LogP contribution in [0.2, 0.25) is 0 Å². The fourth-order valence-corrected chi connectivity index (χ4v) is 3.58. The van der Waals surface area contributed by atoms with Crippen molar-refractivity contribution in [3.63, 3.8) is 0 Å². The molecular weight excluding hydrogens is 350 g/mol. The second-order valence-corrected chi connectivity index (χ2v) is 7.65. The zero-order valence-corrected chi connectivity index (χ0v) is 15.5. The van der Waals surface area contributed by atoms with Crippen molar-refractivity contribution in [1.29, 1.82) is 0 Å². The first-order chi connectivity index (χ1) is 12.5. The van der Waals surface area contributed by atoms with Crippen LogP contribution in [-0.4, -0.2) is 20.9 Å². The number of unbranched alkanes of at least 4 members (excludes halogenated alkanes) is 3. The van der Waals surface area contributed by atoms with Crippen molar-refractivity contribution in [3.05, 3.63) is 54.6 Å². The number of para-hydroxylation sites is 2. The number of carbonyl (C=O) groups is 1. The van der Waals surface area contributed by atoms with Crippen molar-refractivity contribution in [2.24, 2.45) is 5.73 Å². The van der Waals surface area contributed by atoms with Gasteiger partial charge in [0.05, 0.1) is 16.3 Å². The van der Waals surface area contributed by atoms with E-state index >= 15 is 0 Å². The lowest BCUT2D eigenvalue weighted by molar-refractivity contribution is -0.116. The molecule has 26 heavy (non-hydrogen) atoms. The minimum atomic E-state index is -3.71. The number of hydrogen-bond acceptors (Lipinski definition) is 4. The molecule has 0 aromatic heterocycles. The summed E-state index contributed by atoms with van der Waals surface area (Å²) in [5.74, 6) is -0.135. The molecule has 0 heterocycles. The van der Waals surface area contributed by atoms with Crippen LogP contribution in [0.1, 0.15) is 32.1 Å². The number of anilines is 2. The largest absolute Gasteiger partial charge is 0.330 e. The van der Waals surface area contributed by atoms with E-state index in [1.807, 2.05) is 0 Å². The average molecular weight is 375 g/mol. The van der Waals surface area contributed by atoms with E-state index in [0.717, 1.165) is 25.7 Å². The number of benzene rings is 2. The molecule has 0 aliphatic heterocycles. The second-order valence-electron chi connectivity index (χ2n) is 5.97. The van der Waals surface area contributed by atoms with Crippen LogP contribution >= 0.6 is 0 Å². The van der Waals surface area contributed by atoms with Crippen molar-refractivity contribution in [2.75, 3.05) is 16.6 Å². The normalized spacial score (nSPS) is 11.1. The predicted octanol–water partition coefficient (Wildman–Crippen LogP) is 3.34. The van der Waals surface area contributed by atoms with E-state index in [-0.39, 0.29) is 10.8 Å². The highest BCUT2D eigenvalue weighted by Gasteiger charge is 2.16. The van der Waals surface area contributed by atoms with Gasteiger partial charge in [-0.3, -0.25) is 9.52 Å². The van der Waals surface area contributed by atoms with Gasteiger partial charge in [0.2, 0.25) is 5.91 Å². The van der Waals surface area contributed by atoms with Crippen LogP contribution in [0.5, 0.6) is 0 Å². The summed E-state index contributed by atoms with van der Waals surface area (Å²) >= 11 is 0. The topological polar surface area (TPSA) is 101 Å².